The number of pyridine rings is 1. The van der Waals surface area contributed by atoms with Gasteiger partial charge in [0, 0.05) is 11.9 Å². The van der Waals surface area contributed by atoms with Gasteiger partial charge in [-0.15, -0.1) is 0 Å². The average molecular weight is 360 g/mol. The molecule has 0 aliphatic carbocycles. The predicted octanol–water partition coefficient (Wildman–Crippen LogP) is 3.08. The number of fused-ring (bicyclic) bond motifs is 2. The standard InChI is InChI=1S/C21H16N2O4/c24-19-15-7-2-3-8-16(15)20(25)23(19)12-5-13-27-21(26)18-11-10-14-6-1-4-9-17(14)22-18/h1-4,6-11H,5,12-13H2. The number of hydrogen-bond acceptors (Lipinski definition) is 5. The first-order chi connectivity index (χ1) is 13.1. The van der Waals surface area contributed by atoms with Crippen LogP contribution >= 0.6 is 0 Å². The van der Waals surface area contributed by atoms with Crippen LogP contribution in [0.25, 0.3) is 10.9 Å². The Morgan fingerprint density at radius 1 is 0.889 bits per heavy atom. The van der Waals surface area contributed by atoms with Crippen molar-refractivity contribution in [1.82, 2.24) is 9.88 Å². The Kier molecular flexibility index (Phi) is 4.38. The van der Waals surface area contributed by atoms with Crippen LogP contribution in [0.4, 0.5) is 0 Å². The maximum Gasteiger partial charge on any atom is 0.356 e. The van der Waals surface area contributed by atoms with Gasteiger partial charge in [-0.1, -0.05) is 36.4 Å². The lowest BCUT2D eigenvalue weighted by atomic mass is 10.1. The molecule has 2 aromatic carbocycles. The maximum atomic E-state index is 12.3. The number of para-hydroxylation sites is 1. The summed E-state index contributed by atoms with van der Waals surface area (Å²) in [5, 5.41) is 0.944. The summed E-state index contributed by atoms with van der Waals surface area (Å²) in [6.45, 7) is 0.297. The largest absolute Gasteiger partial charge is 0.461 e. The molecular formula is C21H16N2O4. The summed E-state index contributed by atoms with van der Waals surface area (Å²) in [4.78, 5) is 42.2. The molecule has 1 aromatic heterocycles. The van der Waals surface area contributed by atoms with Crippen molar-refractivity contribution < 1.29 is 19.1 Å². The van der Waals surface area contributed by atoms with E-state index in [-0.39, 0.29) is 30.7 Å². The minimum atomic E-state index is -0.525. The smallest absolute Gasteiger partial charge is 0.356 e. The zero-order chi connectivity index (χ0) is 18.8. The highest BCUT2D eigenvalue weighted by Gasteiger charge is 2.34. The molecular weight excluding hydrogens is 344 g/mol. The number of esters is 1. The highest BCUT2D eigenvalue weighted by molar-refractivity contribution is 6.21. The van der Waals surface area contributed by atoms with Gasteiger partial charge in [-0.05, 0) is 30.7 Å². The first-order valence-electron chi connectivity index (χ1n) is 8.63. The number of hydrogen-bond donors (Lipinski definition) is 0. The summed E-state index contributed by atoms with van der Waals surface area (Å²) < 4.78 is 5.23. The maximum absolute atomic E-state index is 12.3. The summed E-state index contributed by atoms with van der Waals surface area (Å²) in [7, 11) is 0. The van der Waals surface area contributed by atoms with Gasteiger partial charge in [0.1, 0.15) is 5.69 Å². The number of carbonyl (C=O) groups excluding carboxylic acids is 3. The first kappa shape index (κ1) is 16.9. The van der Waals surface area contributed by atoms with Gasteiger partial charge in [0.25, 0.3) is 11.8 Å². The molecule has 134 valence electrons. The molecule has 27 heavy (non-hydrogen) atoms. The molecule has 0 fully saturated rings. The zero-order valence-electron chi connectivity index (χ0n) is 14.4. The van der Waals surface area contributed by atoms with E-state index in [4.69, 9.17) is 4.74 Å². The second-order valence-corrected chi connectivity index (χ2v) is 6.19. The lowest BCUT2D eigenvalue weighted by Gasteiger charge is -2.13. The van der Waals surface area contributed by atoms with Crippen LogP contribution < -0.4 is 0 Å². The summed E-state index contributed by atoms with van der Waals surface area (Å²) in [5.74, 6) is -1.14. The molecule has 4 rings (SSSR count). The van der Waals surface area contributed by atoms with E-state index < -0.39 is 5.97 Å². The number of ether oxygens (including phenoxy) is 1. The van der Waals surface area contributed by atoms with Gasteiger partial charge in [-0.2, -0.15) is 0 Å². The number of rotatable bonds is 5. The summed E-state index contributed by atoms with van der Waals surface area (Å²) in [6, 6.07) is 17.7. The minimum Gasteiger partial charge on any atom is -0.461 e. The summed E-state index contributed by atoms with van der Waals surface area (Å²) in [6.07, 6.45) is 0.366. The van der Waals surface area contributed by atoms with Crippen LogP contribution in [0.2, 0.25) is 0 Å². The van der Waals surface area contributed by atoms with Gasteiger partial charge < -0.3 is 4.74 Å². The molecule has 0 atom stereocenters. The van der Waals surface area contributed by atoms with Gasteiger partial charge in [0.2, 0.25) is 0 Å². The molecule has 3 aromatic rings. The molecule has 2 amide bonds. The quantitative estimate of drug-likeness (QED) is 0.397. The lowest BCUT2D eigenvalue weighted by Crippen LogP contribution is -2.31. The monoisotopic (exact) mass is 360 g/mol. The van der Waals surface area contributed by atoms with Crippen LogP contribution in [-0.2, 0) is 4.74 Å². The number of carbonyl (C=O) groups is 3. The molecule has 1 aliphatic heterocycles. The van der Waals surface area contributed by atoms with Crippen molar-refractivity contribution in [2.75, 3.05) is 13.2 Å². The van der Waals surface area contributed by atoms with E-state index in [1.54, 1.807) is 30.3 Å². The van der Waals surface area contributed by atoms with Crippen molar-refractivity contribution in [2.24, 2.45) is 0 Å². The van der Waals surface area contributed by atoms with Crippen molar-refractivity contribution in [2.45, 2.75) is 6.42 Å². The van der Waals surface area contributed by atoms with E-state index in [1.165, 1.54) is 4.90 Å². The third-order valence-electron chi connectivity index (χ3n) is 4.44. The molecule has 0 unspecified atom stereocenters. The van der Waals surface area contributed by atoms with Crippen molar-refractivity contribution in [3.8, 4) is 0 Å². The Hall–Kier alpha value is -3.54. The van der Waals surface area contributed by atoms with Crippen LogP contribution in [0.1, 0.15) is 37.6 Å². The van der Waals surface area contributed by atoms with E-state index in [0.29, 0.717) is 17.5 Å². The predicted molar refractivity (Wildman–Crippen MR) is 98.5 cm³/mol. The van der Waals surface area contributed by atoms with Gasteiger partial charge in [0.15, 0.2) is 0 Å². The molecule has 0 bridgehead atoms. The zero-order valence-corrected chi connectivity index (χ0v) is 14.4. The Balaban J connectivity index is 1.33. The molecule has 0 N–H and O–H groups in total. The third-order valence-corrected chi connectivity index (χ3v) is 4.44. The second-order valence-electron chi connectivity index (χ2n) is 6.19. The Bertz CT molecular complexity index is 1030. The summed E-state index contributed by atoms with van der Waals surface area (Å²) in [5.41, 5.74) is 1.78. The third kappa shape index (κ3) is 3.17. The first-order valence-corrected chi connectivity index (χ1v) is 8.63. The molecule has 0 saturated carbocycles. The topological polar surface area (TPSA) is 76.6 Å². The Morgan fingerprint density at radius 2 is 1.56 bits per heavy atom. The van der Waals surface area contributed by atoms with Gasteiger partial charge >= 0.3 is 5.97 Å². The molecule has 6 nitrogen and oxygen atoms in total. The normalized spacial score (nSPS) is 13.1. The fourth-order valence-electron chi connectivity index (χ4n) is 3.08. The highest BCUT2D eigenvalue weighted by atomic mass is 16.5. The SMILES string of the molecule is O=C(OCCCN1C(=O)c2ccccc2C1=O)c1ccc2ccccc2n1. The number of amides is 2. The average Bonchev–Trinajstić information content (AvgIpc) is 2.95. The summed E-state index contributed by atoms with van der Waals surface area (Å²) >= 11 is 0. The van der Waals surface area contributed by atoms with E-state index in [2.05, 4.69) is 4.98 Å². The lowest BCUT2D eigenvalue weighted by molar-refractivity contribution is 0.0476. The van der Waals surface area contributed by atoms with E-state index in [9.17, 15) is 14.4 Å². The highest BCUT2D eigenvalue weighted by Crippen LogP contribution is 2.22. The van der Waals surface area contributed by atoms with Crippen LogP contribution in [0, 0.1) is 0 Å². The van der Waals surface area contributed by atoms with Crippen LogP contribution in [0.15, 0.2) is 60.7 Å². The molecule has 6 heteroatoms. The molecule has 0 spiro atoms. The second kappa shape index (κ2) is 6.99. The van der Waals surface area contributed by atoms with Crippen LogP contribution in [0.5, 0.6) is 0 Å². The number of nitrogens with zero attached hydrogens (tertiary/aromatic N) is 2. The molecule has 1 aliphatic rings. The number of benzene rings is 2. The van der Waals surface area contributed by atoms with Gasteiger partial charge in [-0.25, -0.2) is 9.78 Å². The molecule has 0 saturated heterocycles. The van der Waals surface area contributed by atoms with Crippen LogP contribution in [-0.4, -0.2) is 40.8 Å². The van der Waals surface area contributed by atoms with Crippen molar-refractivity contribution in [3.05, 3.63) is 77.5 Å². The fourth-order valence-corrected chi connectivity index (χ4v) is 3.08. The number of imide groups is 1. The van der Waals surface area contributed by atoms with Crippen molar-refractivity contribution in [3.63, 3.8) is 0 Å². The van der Waals surface area contributed by atoms with E-state index >= 15 is 0 Å². The van der Waals surface area contributed by atoms with E-state index in [1.807, 2.05) is 30.3 Å². The molecule has 0 radical (unpaired) electrons. The van der Waals surface area contributed by atoms with Crippen molar-refractivity contribution in [1.29, 1.82) is 0 Å². The fraction of sp³-hybridized carbons (Fsp3) is 0.143. The van der Waals surface area contributed by atoms with Crippen molar-refractivity contribution >= 4 is 28.7 Å². The minimum absolute atomic E-state index is 0.0980. The van der Waals surface area contributed by atoms with Gasteiger partial charge in [-0.3, -0.25) is 14.5 Å². The Morgan fingerprint density at radius 3 is 2.30 bits per heavy atom. The Labute approximate surface area is 155 Å². The van der Waals surface area contributed by atoms with E-state index in [0.717, 1.165) is 10.9 Å². The van der Waals surface area contributed by atoms with Gasteiger partial charge in [0.05, 0.1) is 23.3 Å². The molecule has 2 heterocycles. The van der Waals surface area contributed by atoms with Crippen LogP contribution in [0.3, 0.4) is 0 Å². The number of aromatic nitrogens is 1.